The molecule has 0 saturated carbocycles. The van der Waals surface area contributed by atoms with Gasteiger partial charge in [0.05, 0.1) is 24.7 Å². The molecule has 4 nitrogen and oxygen atoms in total. The average Bonchev–Trinajstić information content (AvgIpc) is 2.42. The van der Waals surface area contributed by atoms with Crippen LogP contribution in [0.15, 0.2) is 12.4 Å². The van der Waals surface area contributed by atoms with Crippen molar-refractivity contribution in [2.45, 2.75) is 52.5 Å². The molecular formula is C14H25N3O. The summed E-state index contributed by atoms with van der Waals surface area (Å²) >= 11 is 0. The van der Waals surface area contributed by atoms with Crippen molar-refractivity contribution in [3.8, 4) is 5.88 Å². The van der Waals surface area contributed by atoms with Crippen molar-refractivity contribution < 1.29 is 4.74 Å². The second-order valence-electron chi connectivity index (χ2n) is 4.39. The molecule has 1 aromatic rings. The third-order valence-electron chi connectivity index (χ3n) is 2.74. The Balaban J connectivity index is 2.14. The van der Waals surface area contributed by atoms with Gasteiger partial charge in [0.1, 0.15) is 0 Å². The van der Waals surface area contributed by atoms with E-state index in [2.05, 4.69) is 29.1 Å². The van der Waals surface area contributed by atoms with Gasteiger partial charge in [0.2, 0.25) is 5.88 Å². The molecule has 0 spiro atoms. The van der Waals surface area contributed by atoms with Gasteiger partial charge in [-0.15, -0.1) is 0 Å². The predicted octanol–water partition coefficient (Wildman–Crippen LogP) is 2.94. The van der Waals surface area contributed by atoms with Gasteiger partial charge in [0, 0.05) is 6.54 Å². The Morgan fingerprint density at radius 2 is 1.89 bits per heavy atom. The first-order valence-electron chi connectivity index (χ1n) is 7.01. The maximum atomic E-state index is 5.55. The zero-order chi connectivity index (χ0) is 13.1. The second-order valence-corrected chi connectivity index (χ2v) is 4.39. The van der Waals surface area contributed by atoms with Crippen molar-refractivity contribution in [1.82, 2.24) is 15.3 Å². The molecule has 0 radical (unpaired) electrons. The number of hydrogen-bond donors (Lipinski definition) is 1. The fourth-order valence-corrected chi connectivity index (χ4v) is 1.64. The molecule has 0 unspecified atom stereocenters. The van der Waals surface area contributed by atoms with Crippen molar-refractivity contribution in [1.29, 1.82) is 0 Å². The molecule has 0 aliphatic rings. The van der Waals surface area contributed by atoms with Crippen molar-refractivity contribution in [3.05, 3.63) is 18.1 Å². The number of aromatic nitrogens is 2. The number of ether oxygens (including phenoxy) is 1. The van der Waals surface area contributed by atoms with Gasteiger partial charge in [0.15, 0.2) is 0 Å². The standard InChI is InChI=1S/C14H25N3O/c1-3-5-6-7-8-9-18-14-12-16-13(11-17-14)10-15-4-2/h11-12,15H,3-10H2,1-2H3. The lowest BCUT2D eigenvalue weighted by molar-refractivity contribution is 0.292. The Morgan fingerprint density at radius 1 is 1.06 bits per heavy atom. The lowest BCUT2D eigenvalue weighted by Gasteiger charge is -2.05. The lowest BCUT2D eigenvalue weighted by atomic mass is 10.2. The molecule has 4 heteroatoms. The topological polar surface area (TPSA) is 47.0 Å². The molecular weight excluding hydrogens is 226 g/mol. The van der Waals surface area contributed by atoms with E-state index in [0.717, 1.165) is 31.8 Å². The summed E-state index contributed by atoms with van der Waals surface area (Å²) in [6.07, 6.45) is 9.71. The van der Waals surface area contributed by atoms with Gasteiger partial charge in [-0.05, 0) is 13.0 Å². The van der Waals surface area contributed by atoms with Crippen molar-refractivity contribution >= 4 is 0 Å². The molecule has 1 aromatic heterocycles. The first kappa shape index (κ1) is 14.9. The zero-order valence-electron chi connectivity index (χ0n) is 11.6. The van der Waals surface area contributed by atoms with E-state index in [-0.39, 0.29) is 0 Å². The molecule has 0 saturated heterocycles. The normalized spacial score (nSPS) is 10.6. The third-order valence-corrected chi connectivity index (χ3v) is 2.74. The molecule has 18 heavy (non-hydrogen) atoms. The van der Waals surface area contributed by atoms with Crippen molar-refractivity contribution in [2.24, 2.45) is 0 Å². The van der Waals surface area contributed by atoms with E-state index in [1.165, 1.54) is 25.7 Å². The fraction of sp³-hybridized carbons (Fsp3) is 0.714. The van der Waals surface area contributed by atoms with E-state index in [4.69, 9.17) is 4.74 Å². The summed E-state index contributed by atoms with van der Waals surface area (Å²) in [5.41, 5.74) is 0.951. The lowest BCUT2D eigenvalue weighted by Crippen LogP contribution is -2.13. The molecule has 0 aliphatic carbocycles. The summed E-state index contributed by atoms with van der Waals surface area (Å²) in [6.45, 7) is 6.74. The molecule has 0 amide bonds. The van der Waals surface area contributed by atoms with Gasteiger partial charge in [0.25, 0.3) is 0 Å². The molecule has 102 valence electrons. The number of rotatable bonds is 10. The van der Waals surface area contributed by atoms with Crippen LogP contribution in [0.1, 0.15) is 51.6 Å². The molecule has 0 aromatic carbocycles. The maximum Gasteiger partial charge on any atom is 0.232 e. The van der Waals surface area contributed by atoms with Crippen LogP contribution in [-0.2, 0) is 6.54 Å². The SMILES string of the molecule is CCCCCCCOc1cnc(CNCC)cn1. The summed E-state index contributed by atoms with van der Waals surface area (Å²) in [4.78, 5) is 8.54. The molecule has 1 heterocycles. The number of hydrogen-bond acceptors (Lipinski definition) is 4. The van der Waals surface area contributed by atoms with E-state index < -0.39 is 0 Å². The number of unbranched alkanes of at least 4 members (excludes halogenated alkanes) is 4. The van der Waals surface area contributed by atoms with Gasteiger partial charge < -0.3 is 10.1 Å². The molecule has 0 fully saturated rings. The Bertz CT molecular complexity index is 300. The Labute approximate surface area is 110 Å². The average molecular weight is 251 g/mol. The Morgan fingerprint density at radius 3 is 2.56 bits per heavy atom. The van der Waals surface area contributed by atoms with Crippen LogP contribution in [0, 0.1) is 0 Å². The van der Waals surface area contributed by atoms with E-state index in [9.17, 15) is 0 Å². The highest BCUT2D eigenvalue weighted by atomic mass is 16.5. The van der Waals surface area contributed by atoms with Gasteiger partial charge in [-0.25, -0.2) is 4.98 Å². The third kappa shape index (κ3) is 6.55. The number of nitrogens with zero attached hydrogens (tertiary/aromatic N) is 2. The van der Waals surface area contributed by atoms with Gasteiger partial charge >= 0.3 is 0 Å². The minimum absolute atomic E-state index is 0.630. The summed E-state index contributed by atoms with van der Waals surface area (Å²) in [7, 11) is 0. The first-order chi connectivity index (χ1) is 8.86. The second kappa shape index (κ2) is 9.83. The Kier molecular flexibility index (Phi) is 8.13. The largest absolute Gasteiger partial charge is 0.477 e. The highest BCUT2D eigenvalue weighted by Gasteiger charge is 1.98. The first-order valence-corrected chi connectivity index (χ1v) is 7.01. The highest BCUT2D eigenvalue weighted by Crippen LogP contribution is 2.07. The van der Waals surface area contributed by atoms with Crippen molar-refractivity contribution in [3.63, 3.8) is 0 Å². The summed E-state index contributed by atoms with van der Waals surface area (Å²) < 4.78 is 5.55. The van der Waals surface area contributed by atoms with Crippen LogP contribution in [0.25, 0.3) is 0 Å². The van der Waals surface area contributed by atoms with Crippen LogP contribution >= 0.6 is 0 Å². The van der Waals surface area contributed by atoms with Crippen LogP contribution in [0.2, 0.25) is 0 Å². The number of nitrogens with one attached hydrogen (secondary N) is 1. The van der Waals surface area contributed by atoms with E-state index in [0.29, 0.717) is 5.88 Å². The molecule has 1 N–H and O–H groups in total. The van der Waals surface area contributed by atoms with Crippen LogP contribution in [0.3, 0.4) is 0 Å². The van der Waals surface area contributed by atoms with Gasteiger partial charge in [-0.2, -0.15) is 0 Å². The summed E-state index contributed by atoms with van der Waals surface area (Å²) in [5.74, 6) is 0.630. The fourth-order valence-electron chi connectivity index (χ4n) is 1.64. The van der Waals surface area contributed by atoms with Crippen LogP contribution in [0.5, 0.6) is 5.88 Å². The molecule has 0 bridgehead atoms. The predicted molar refractivity (Wildman–Crippen MR) is 73.7 cm³/mol. The minimum Gasteiger partial charge on any atom is -0.477 e. The molecule has 0 atom stereocenters. The quantitative estimate of drug-likeness (QED) is 0.649. The van der Waals surface area contributed by atoms with Gasteiger partial charge in [-0.1, -0.05) is 39.5 Å². The smallest absolute Gasteiger partial charge is 0.232 e. The van der Waals surface area contributed by atoms with E-state index in [1.807, 2.05) is 0 Å². The van der Waals surface area contributed by atoms with Gasteiger partial charge in [-0.3, -0.25) is 4.98 Å². The van der Waals surface area contributed by atoms with E-state index in [1.54, 1.807) is 12.4 Å². The zero-order valence-corrected chi connectivity index (χ0v) is 11.6. The highest BCUT2D eigenvalue weighted by molar-refractivity contribution is 5.06. The Hall–Kier alpha value is -1.16. The minimum atomic E-state index is 0.630. The van der Waals surface area contributed by atoms with Crippen molar-refractivity contribution in [2.75, 3.05) is 13.2 Å². The van der Waals surface area contributed by atoms with Crippen LogP contribution < -0.4 is 10.1 Å². The van der Waals surface area contributed by atoms with Crippen LogP contribution in [0.4, 0.5) is 0 Å². The maximum absolute atomic E-state index is 5.55. The molecule has 1 rings (SSSR count). The van der Waals surface area contributed by atoms with E-state index >= 15 is 0 Å². The van der Waals surface area contributed by atoms with Crippen LogP contribution in [-0.4, -0.2) is 23.1 Å². The molecule has 0 aliphatic heterocycles. The summed E-state index contributed by atoms with van der Waals surface area (Å²) in [5, 5.41) is 3.21. The monoisotopic (exact) mass is 251 g/mol. The summed E-state index contributed by atoms with van der Waals surface area (Å²) in [6, 6.07) is 0.